The van der Waals surface area contributed by atoms with Crippen LogP contribution >= 0.6 is 15.9 Å². The van der Waals surface area contributed by atoms with Crippen molar-refractivity contribution in [2.45, 2.75) is 13.3 Å². The number of nitrogens with one attached hydrogen (secondary N) is 2. The van der Waals surface area contributed by atoms with Gasteiger partial charge in [0.2, 0.25) is 17.7 Å². The molecular weight excluding hydrogens is 398 g/mol. The lowest BCUT2D eigenvalue weighted by atomic mass is 10.1. The topological polar surface area (TPSA) is 78.5 Å². The number of carbonyl (C=O) groups excluding carboxylic acids is 3. The van der Waals surface area contributed by atoms with E-state index in [0.717, 1.165) is 4.47 Å². The molecule has 0 aliphatic carbocycles. The van der Waals surface area contributed by atoms with Crippen LogP contribution in [0.15, 0.2) is 53.0 Å². The van der Waals surface area contributed by atoms with Gasteiger partial charge in [-0.1, -0.05) is 28.1 Å². The number of halogens is 1. The molecule has 1 aliphatic heterocycles. The molecule has 1 aliphatic rings. The number of amides is 3. The first-order chi connectivity index (χ1) is 12.4. The van der Waals surface area contributed by atoms with E-state index < -0.39 is 5.92 Å². The molecular formula is C19H18BrN3O3. The minimum absolute atomic E-state index is 0.112. The second kappa shape index (κ2) is 7.70. The Hall–Kier alpha value is -2.67. The van der Waals surface area contributed by atoms with E-state index >= 15 is 0 Å². The van der Waals surface area contributed by atoms with Crippen molar-refractivity contribution >= 4 is 50.7 Å². The first-order valence-corrected chi connectivity index (χ1v) is 8.96. The maximum Gasteiger partial charge on any atom is 0.229 e. The Labute approximate surface area is 159 Å². The molecule has 0 unspecified atom stereocenters. The van der Waals surface area contributed by atoms with Crippen LogP contribution in [-0.2, 0) is 14.4 Å². The molecule has 0 bridgehead atoms. The largest absolute Gasteiger partial charge is 0.326 e. The van der Waals surface area contributed by atoms with Crippen molar-refractivity contribution < 1.29 is 14.4 Å². The van der Waals surface area contributed by atoms with E-state index in [-0.39, 0.29) is 24.1 Å². The number of benzene rings is 2. The molecule has 3 rings (SSSR count). The van der Waals surface area contributed by atoms with Gasteiger partial charge in [-0.25, -0.2) is 0 Å². The summed E-state index contributed by atoms with van der Waals surface area (Å²) in [6, 6.07) is 14.4. The van der Waals surface area contributed by atoms with Crippen molar-refractivity contribution in [1.29, 1.82) is 0 Å². The van der Waals surface area contributed by atoms with Gasteiger partial charge in [0.05, 0.1) is 5.92 Å². The smallest absolute Gasteiger partial charge is 0.229 e. The maximum absolute atomic E-state index is 12.5. The van der Waals surface area contributed by atoms with Crippen LogP contribution in [0.25, 0.3) is 0 Å². The van der Waals surface area contributed by atoms with Crippen LogP contribution in [-0.4, -0.2) is 24.3 Å². The van der Waals surface area contributed by atoms with Gasteiger partial charge in [-0.05, 0) is 36.4 Å². The SMILES string of the molecule is CC(=O)Nc1cccc(N2C[C@@H](C(=O)Nc3cccc(Br)c3)CC2=O)c1. The number of hydrogen-bond acceptors (Lipinski definition) is 3. The van der Waals surface area contributed by atoms with E-state index in [9.17, 15) is 14.4 Å². The molecule has 1 saturated heterocycles. The summed E-state index contributed by atoms with van der Waals surface area (Å²) in [6.07, 6.45) is 0.157. The third kappa shape index (κ3) is 4.29. The molecule has 1 heterocycles. The summed E-state index contributed by atoms with van der Waals surface area (Å²) in [4.78, 5) is 37.7. The minimum Gasteiger partial charge on any atom is -0.326 e. The summed E-state index contributed by atoms with van der Waals surface area (Å²) in [5.41, 5.74) is 1.96. The summed E-state index contributed by atoms with van der Waals surface area (Å²) in [5.74, 6) is -0.900. The molecule has 3 amide bonds. The predicted molar refractivity (Wildman–Crippen MR) is 104 cm³/mol. The number of carbonyl (C=O) groups is 3. The molecule has 1 atom stereocenters. The molecule has 6 nitrogen and oxygen atoms in total. The van der Waals surface area contributed by atoms with Gasteiger partial charge in [0.25, 0.3) is 0 Å². The fourth-order valence-electron chi connectivity index (χ4n) is 2.90. The highest BCUT2D eigenvalue weighted by Crippen LogP contribution is 2.28. The molecule has 2 aromatic rings. The van der Waals surface area contributed by atoms with Crippen LogP contribution in [0, 0.1) is 5.92 Å². The summed E-state index contributed by atoms with van der Waals surface area (Å²) in [6.45, 7) is 1.73. The molecule has 0 aromatic heterocycles. The lowest BCUT2D eigenvalue weighted by Crippen LogP contribution is -2.28. The lowest BCUT2D eigenvalue weighted by molar-refractivity contribution is -0.122. The van der Waals surface area contributed by atoms with E-state index in [0.29, 0.717) is 23.6 Å². The molecule has 26 heavy (non-hydrogen) atoms. The van der Waals surface area contributed by atoms with E-state index in [1.807, 2.05) is 18.2 Å². The van der Waals surface area contributed by atoms with Crippen LogP contribution in [0.3, 0.4) is 0 Å². The molecule has 7 heteroatoms. The molecule has 0 saturated carbocycles. The Morgan fingerprint density at radius 1 is 1.08 bits per heavy atom. The highest BCUT2D eigenvalue weighted by molar-refractivity contribution is 9.10. The minimum atomic E-state index is -0.425. The van der Waals surface area contributed by atoms with Gasteiger partial charge < -0.3 is 15.5 Å². The molecule has 2 N–H and O–H groups in total. The lowest BCUT2D eigenvalue weighted by Gasteiger charge is -2.18. The molecule has 1 fully saturated rings. The standard InChI is InChI=1S/C19H18BrN3O3/c1-12(24)21-16-6-3-7-17(10-16)23-11-13(8-18(23)25)19(26)22-15-5-2-4-14(20)9-15/h2-7,9-10,13H,8,11H2,1H3,(H,21,24)(H,22,26)/t13-/m0/s1. The van der Waals surface area contributed by atoms with E-state index in [2.05, 4.69) is 26.6 Å². The van der Waals surface area contributed by atoms with Crippen molar-refractivity contribution in [3.63, 3.8) is 0 Å². The first-order valence-electron chi connectivity index (χ1n) is 8.17. The normalized spacial score (nSPS) is 16.5. The zero-order valence-electron chi connectivity index (χ0n) is 14.2. The van der Waals surface area contributed by atoms with Crippen LogP contribution in [0.4, 0.5) is 17.1 Å². The van der Waals surface area contributed by atoms with Crippen LogP contribution in [0.2, 0.25) is 0 Å². The highest BCUT2D eigenvalue weighted by Gasteiger charge is 2.35. The molecule has 0 radical (unpaired) electrons. The van der Waals surface area contributed by atoms with E-state index in [1.165, 1.54) is 6.92 Å². The first kappa shape index (κ1) is 18.1. The number of hydrogen-bond donors (Lipinski definition) is 2. The van der Waals surface area contributed by atoms with E-state index in [4.69, 9.17) is 0 Å². The summed E-state index contributed by atoms with van der Waals surface area (Å²) >= 11 is 3.37. The Kier molecular flexibility index (Phi) is 5.37. The van der Waals surface area contributed by atoms with Gasteiger partial charge in [-0.2, -0.15) is 0 Å². The van der Waals surface area contributed by atoms with Gasteiger partial charge in [0.15, 0.2) is 0 Å². The van der Waals surface area contributed by atoms with Gasteiger partial charge in [0.1, 0.15) is 0 Å². The van der Waals surface area contributed by atoms with Crippen molar-refractivity contribution in [2.75, 3.05) is 22.1 Å². The molecule has 134 valence electrons. The Balaban J connectivity index is 1.70. The van der Waals surface area contributed by atoms with Crippen molar-refractivity contribution in [3.05, 3.63) is 53.0 Å². The summed E-state index contributed by atoms with van der Waals surface area (Å²) in [5, 5.41) is 5.54. The fourth-order valence-corrected chi connectivity index (χ4v) is 3.30. The van der Waals surface area contributed by atoms with Gasteiger partial charge in [0, 0.05) is 41.4 Å². The van der Waals surface area contributed by atoms with Crippen LogP contribution < -0.4 is 15.5 Å². The Morgan fingerprint density at radius 3 is 2.46 bits per heavy atom. The zero-order chi connectivity index (χ0) is 18.7. The monoisotopic (exact) mass is 415 g/mol. The zero-order valence-corrected chi connectivity index (χ0v) is 15.7. The quantitative estimate of drug-likeness (QED) is 0.802. The molecule has 0 spiro atoms. The predicted octanol–water partition coefficient (Wildman–Crippen LogP) is 3.40. The van der Waals surface area contributed by atoms with Gasteiger partial charge in [-0.3, -0.25) is 14.4 Å². The summed E-state index contributed by atoms with van der Waals surface area (Å²) in [7, 11) is 0. The van der Waals surface area contributed by atoms with Gasteiger partial charge >= 0.3 is 0 Å². The van der Waals surface area contributed by atoms with Crippen LogP contribution in [0.1, 0.15) is 13.3 Å². The highest BCUT2D eigenvalue weighted by atomic mass is 79.9. The average molecular weight is 416 g/mol. The second-order valence-corrected chi connectivity index (χ2v) is 7.05. The maximum atomic E-state index is 12.5. The Bertz CT molecular complexity index is 869. The van der Waals surface area contributed by atoms with E-state index in [1.54, 1.807) is 35.2 Å². The fraction of sp³-hybridized carbons (Fsp3) is 0.211. The van der Waals surface area contributed by atoms with Gasteiger partial charge in [-0.15, -0.1) is 0 Å². The third-order valence-corrected chi connectivity index (χ3v) is 4.56. The average Bonchev–Trinajstić information content (AvgIpc) is 2.96. The van der Waals surface area contributed by atoms with Crippen molar-refractivity contribution in [1.82, 2.24) is 0 Å². The van der Waals surface area contributed by atoms with Crippen LogP contribution in [0.5, 0.6) is 0 Å². The number of nitrogens with zero attached hydrogens (tertiary/aromatic N) is 1. The summed E-state index contributed by atoms with van der Waals surface area (Å²) < 4.78 is 0.870. The Morgan fingerprint density at radius 2 is 1.77 bits per heavy atom. The number of rotatable bonds is 4. The molecule has 2 aromatic carbocycles. The number of anilines is 3. The second-order valence-electron chi connectivity index (χ2n) is 6.14. The van der Waals surface area contributed by atoms with Crippen molar-refractivity contribution in [2.24, 2.45) is 5.92 Å². The van der Waals surface area contributed by atoms with Crippen molar-refractivity contribution in [3.8, 4) is 0 Å². The third-order valence-electron chi connectivity index (χ3n) is 4.07.